The van der Waals surface area contributed by atoms with Crippen molar-refractivity contribution in [2.24, 2.45) is 0 Å². The first-order chi connectivity index (χ1) is 18.3. The lowest BCUT2D eigenvalue weighted by Crippen LogP contribution is -2.37. The molecule has 2 aromatic carbocycles. The normalized spacial score (nSPS) is 14.8. The summed E-state index contributed by atoms with van der Waals surface area (Å²) in [5.41, 5.74) is 5.57. The molecule has 0 radical (unpaired) electrons. The Morgan fingerprint density at radius 2 is 1.71 bits per heavy atom. The lowest BCUT2D eigenvalue weighted by Gasteiger charge is -2.35. The molecule has 4 heterocycles. The van der Waals surface area contributed by atoms with E-state index < -0.39 is 5.97 Å². The molecule has 0 unspecified atom stereocenters. The van der Waals surface area contributed by atoms with Crippen molar-refractivity contribution in [1.29, 1.82) is 0 Å². The molecule has 0 aliphatic carbocycles. The Hall–Kier alpha value is -4.34. The van der Waals surface area contributed by atoms with Crippen molar-refractivity contribution >= 4 is 44.6 Å². The molecule has 10 heteroatoms. The van der Waals surface area contributed by atoms with Crippen molar-refractivity contribution in [3.63, 3.8) is 0 Å². The predicted molar refractivity (Wildman–Crippen MR) is 148 cm³/mol. The number of imidazole rings is 2. The maximum Gasteiger partial charge on any atom is 0.339 e. The molecule has 0 saturated carbocycles. The van der Waals surface area contributed by atoms with Gasteiger partial charge in [0, 0.05) is 43.8 Å². The van der Waals surface area contributed by atoms with Crippen LogP contribution in [0.4, 0.5) is 5.69 Å². The van der Waals surface area contributed by atoms with Crippen molar-refractivity contribution < 1.29 is 9.90 Å². The molecule has 0 atom stereocenters. The summed E-state index contributed by atoms with van der Waals surface area (Å²) >= 11 is 0. The first kappa shape index (κ1) is 24.0. The maximum absolute atomic E-state index is 12.9. The number of nitrogens with zero attached hydrogens (tertiary/aromatic N) is 5. The minimum Gasteiger partial charge on any atom is -0.478 e. The largest absolute Gasteiger partial charge is 0.478 e. The summed E-state index contributed by atoms with van der Waals surface area (Å²) in [7, 11) is 0. The monoisotopic (exact) mass is 514 g/mol. The zero-order chi connectivity index (χ0) is 26.7. The van der Waals surface area contributed by atoms with Crippen molar-refractivity contribution in [3.05, 3.63) is 68.6 Å². The lowest BCUT2D eigenvalue weighted by molar-refractivity contribution is 0.0697. The van der Waals surface area contributed by atoms with Gasteiger partial charge in [0.05, 0.1) is 33.3 Å². The summed E-state index contributed by atoms with van der Waals surface area (Å²) in [5, 5.41) is 10.8. The number of hydrogen-bond acceptors (Lipinski definition) is 5. The first-order valence-electron chi connectivity index (χ1n) is 13.1. The van der Waals surface area contributed by atoms with Crippen molar-refractivity contribution in [2.45, 2.75) is 52.7 Å². The van der Waals surface area contributed by atoms with Crippen LogP contribution in [0.1, 0.15) is 48.7 Å². The summed E-state index contributed by atoms with van der Waals surface area (Å²) in [5.74, 6) is -1.04. The van der Waals surface area contributed by atoms with E-state index in [2.05, 4.69) is 14.9 Å². The Balaban J connectivity index is 1.44. The van der Waals surface area contributed by atoms with E-state index >= 15 is 0 Å². The van der Waals surface area contributed by atoms with Crippen molar-refractivity contribution in [3.8, 4) is 0 Å². The number of carboxylic acid groups (broad SMARTS) is 1. The number of aromatic amines is 1. The van der Waals surface area contributed by atoms with Gasteiger partial charge in [0.1, 0.15) is 5.56 Å². The van der Waals surface area contributed by atoms with Gasteiger partial charge in [0.25, 0.3) is 0 Å². The number of piperidine rings is 1. The highest BCUT2D eigenvalue weighted by Crippen LogP contribution is 2.36. The average molecular weight is 515 g/mol. The standard InChI is InChI=1S/C28H30N6O4/c1-4-32-23-13-18-20(14-24(23)33(5-2)28(32)38)29-15-19(26(35)36)25(18)31-10-8-17(9-11-31)34-22-7-6-16(3)12-21(22)30-27(34)37/h6-7,12-15,17H,4-5,8-11H2,1-3H3,(H,30,37)(H,35,36). The number of hydrogen-bond donors (Lipinski definition) is 2. The van der Waals surface area contributed by atoms with Gasteiger partial charge in [0.2, 0.25) is 0 Å². The quantitative estimate of drug-likeness (QED) is 0.368. The molecule has 0 bridgehead atoms. The second-order valence-electron chi connectivity index (χ2n) is 9.99. The van der Waals surface area contributed by atoms with Crippen LogP contribution in [0.15, 0.2) is 46.1 Å². The third-order valence-corrected chi connectivity index (χ3v) is 7.86. The van der Waals surface area contributed by atoms with Crippen LogP contribution in [0.5, 0.6) is 0 Å². The van der Waals surface area contributed by atoms with Gasteiger partial charge in [-0.1, -0.05) is 6.07 Å². The van der Waals surface area contributed by atoms with E-state index in [4.69, 9.17) is 0 Å². The molecule has 1 aliphatic heterocycles. The molecule has 1 fully saturated rings. The zero-order valence-electron chi connectivity index (χ0n) is 21.7. The van der Waals surface area contributed by atoms with Crippen LogP contribution in [-0.4, -0.2) is 47.8 Å². The molecule has 6 rings (SSSR count). The van der Waals surface area contributed by atoms with Gasteiger partial charge in [0.15, 0.2) is 0 Å². The Kier molecular flexibility index (Phi) is 5.62. The molecule has 0 amide bonds. The molecule has 1 aliphatic rings. The number of carbonyl (C=O) groups is 1. The first-order valence-corrected chi connectivity index (χ1v) is 13.1. The number of anilines is 1. The number of benzene rings is 2. The van der Waals surface area contributed by atoms with E-state index in [-0.39, 0.29) is 23.0 Å². The van der Waals surface area contributed by atoms with Crippen LogP contribution in [0, 0.1) is 6.92 Å². The highest BCUT2D eigenvalue weighted by atomic mass is 16.4. The molecule has 196 valence electrons. The fraction of sp³-hybridized carbons (Fsp3) is 0.357. The van der Waals surface area contributed by atoms with Gasteiger partial charge in [-0.25, -0.2) is 14.4 Å². The molecule has 3 aromatic heterocycles. The third-order valence-electron chi connectivity index (χ3n) is 7.86. The number of aromatic carboxylic acids is 1. The SMILES string of the molecule is CCn1c(=O)n(CC)c2cc3c(N4CCC(n5c(=O)[nH]c6cc(C)ccc65)CC4)c(C(=O)O)cnc3cc21. The van der Waals surface area contributed by atoms with Gasteiger partial charge in [-0.3, -0.25) is 18.7 Å². The summed E-state index contributed by atoms with van der Waals surface area (Å²) in [4.78, 5) is 47.6. The second-order valence-corrected chi connectivity index (χ2v) is 9.99. The summed E-state index contributed by atoms with van der Waals surface area (Å²) in [6.45, 7) is 8.08. The van der Waals surface area contributed by atoms with E-state index in [1.54, 1.807) is 9.13 Å². The number of aromatic nitrogens is 5. The second kappa shape index (κ2) is 8.90. The number of H-pyrrole nitrogens is 1. The van der Waals surface area contributed by atoms with Crippen LogP contribution >= 0.6 is 0 Å². The van der Waals surface area contributed by atoms with Gasteiger partial charge in [-0.05, 0) is 63.4 Å². The predicted octanol–water partition coefficient (Wildman–Crippen LogP) is 3.88. The number of nitrogens with one attached hydrogen (secondary N) is 1. The molecular formula is C28H30N6O4. The van der Waals surface area contributed by atoms with Crippen LogP contribution in [0.3, 0.4) is 0 Å². The Morgan fingerprint density at radius 3 is 2.37 bits per heavy atom. The van der Waals surface area contributed by atoms with Crippen LogP contribution < -0.4 is 16.3 Å². The molecular weight excluding hydrogens is 484 g/mol. The maximum atomic E-state index is 12.9. The highest BCUT2D eigenvalue weighted by molar-refractivity contribution is 6.07. The highest BCUT2D eigenvalue weighted by Gasteiger charge is 2.28. The van der Waals surface area contributed by atoms with Gasteiger partial charge < -0.3 is 15.0 Å². The molecule has 1 saturated heterocycles. The smallest absolute Gasteiger partial charge is 0.339 e. The molecule has 10 nitrogen and oxygen atoms in total. The minimum atomic E-state index is -1.04. The number of carboxylic acids is 1. The fourth-order valence-electron chi connectivity index (χ4n) is 6.05. The van der Waals surface area contributed by atoms with E-state index in [9.17, 15) is 19.5 Å². The topological polar surface area (TPSA) is 118 Å². The number of pyridine rings is 1. The van der Waals surface area contributed by atoms with E-state index in [0.717, 1.165) is 27.6 Å². The van der Waals surface area contributed by atoms with Crippen LogP contribution in [-0.2, 0) is 13.1 Å². The molecule has 2 N–H and O–H groups in total. The number of rotatable bonds is 5. The van der Waals surface area contributed by atoms with Gasteiger partial charge in [-0.2, -0.15) is 0 Å². The Morgan fingerprint density at radius 1 is 1.03 bits per heavy atom. The number of fused-ring (bicyclic) bond motifs is 3. The molecule has 5 aromatic rings. The fourth-order valence-corrected chi connectivity index (χ4v) is 6.05. The van der Waals surface area contributed by atoms with Crippen molar-refractivity contribution in [2.75, 3.05) is 18.0 Å². The third kappa shape index (κ3) is 3.54. The molecule has 0 spiro atoms. The van der Waals surface area contributed by atoms with Gasteiger partial charge >= 0.3 is 17.3 Å². The number of aryl methyl sites for hydroxylation is 3. The van der Waals surface area contributed by atoms with Gasteiger partial charge in [-0.15, -0.1) is 0 Å². The van der Waals surface area contributed by atoms with E-state index in [1.165, 1.54) is 6.20 Å². The van der Waals surface area contributed by atoms with E-state index in [0.29, 0.717) is 55.6 Å². The lowest BCUT2D eigenvalue weighted by atomic mass is 10.0. The summed E-state index contributed by atoms with van der Waals surface area (Å²) < 4.78 is 5.27. The zero-order valence-corrected chi connectivity index (χ0v) is 21.7. The molecule has 38 heavy (non-hydrogen) atoms. The van der Waals surface area contributed by atoms with Crippen LogP contribution in [0.2, 0.25) is 0 Å². The summed E-state index contributed by atoms with van der Waals surface area (Å²) in [6, 6.07) is 9.77. The summed E-state index contributed by atoms with van der Waals surface area (Å²) in [6.07, 6.45) is 2.80. The van der Waals surface area contributed by atoms with Crippen LogP contribution in [0.25, 0.3) is 33.0 Å². The van der Waals surface area contributed by atoms with Crippen molar-refractivity contribution in [1.82, 2.24) is 23.7 Å². The Bertz CT molecular complexity index is 1850. The average Bonchev–Trinajstić information content (AvgIpc) is 3.37. The minimum absolute atomic E-state index is 0.00662. The van der Waals surface area contributed by atoms with E-state index in [1.807, 2.05) is 55.7 Å². The Labute approximate surface area is 217 Å².